The topological polar surface area (TPSA) is 97.3 Å². The van der Waals surface area contributed by atoms with Crippen LogP contribution in [0.2, 0.25) is 0 Å². The Morgan fingerprint density at radius 2 is 2.24 bits per heavy atom. The lowest BCUT2D eigenvalue weighted by atomic mass is 10.2. The molecule has 0 fully saturated rings. The number of hydrogen-bond acceptors (Lipinski definition) is 6. The molecular formula is C13H15N3O4S. The second-order valence-electron chi connectivity index (χ2n) is 4.63. The van der Waals surface area contributed by atoms with Crippen LogP contribution in [0.5, 0.6) is 5.75 Å². The van der Waals surface area contributed by atoms with Crippen LogP contribution in [0.3, 0.4) is 0 Å². The third-order valence-electron chi connectivity index (χ3n) is 2.57. The first-order valence-electron chi connectivity index (χ1n) is 6.31. The predicted octanol–water partition coefficient (Wildman–Crippen LogP) is 2.74. The molecule has 7 nitrogen and oxygen atoms in total. The average molecular weight is 309 g/mol. The van der Waals surface area contributed by atoms with Crippen molar-refractivity contribution in [3.8, 4) is 5.75 Å². The summed E-state index contributed by atoms with van der Waals surface area (Å²) in [4.78, 5) is 24.1. The summed E-state index contributed by atoms with van der Waals surface area (Å²) in [5.41, 5.74) is 1.37. The van der Waals surface area contributed by atoms with Crippen LogP contribution >= 0.6 is 11.3 Å². The normalized spacial score (nSPS) is 10.6. The molecule has 1 heterocycles. The number of aromatic amines is 1. The van der Waals surface area contributed by atoms with E-state index in [0.717, 1.165) is 17.0 Å². The molecule has 0 unspecified atom stereocenters. The lowest BCUT2D eigenvalue weighted by Gasteiger charge is -2.12. The van der Waals surface area contributed by atoms with Crippen LogP contribution in [-0.2, 0) is 6.54 Å². The van der Waals surface area contributed by atoms with Crippen molar-refractivity contribution in [3.63, 3.8) is 0 Å². The highest BCUT2D eigenvalue weighted by Gasteiger charge is 2.16. The highest BCUT2D eigenvalue weighted by Crippen LogP contribution is 2.31. The number of aromatic nitrogens is 1. The van der Waals surface area contributed by atoms with Crippen molar-refractivity contribution in [2.75, 3.05) is 5.32 Å². The highest BCUT2D eigenvalue weighted by molar-refractivity contribution is 7.07. The number of rotatable bonds is 6. The molecule has 0 radical (unpaired) electrons. The molecule has 1 aromatic carbocycles. The van der Waals surface area contributed by atoms with Gasteiger partial charge in [0.2, 0.25) is 0 Å². The number of nitro groups is 1. The zero-order chi connectivity index (χ0) is 15.4. The van der Waals surface area contributed by atoms with Gasteiger partial charge in [0.15, 0.2) is 5.75 Å². The van der Waals surface area contributed by atoms with E-state index in [4.69, 9.17) is 4.74 Å². The predicted molar refractivity (Wildman–Crippen MR) is 81.1 cm³/mol. The molecule has 0 saturated carbocycles. The summed E-state index contributed by atoms with van der Waals surface area (Å²) in [6.45, 7) is 4.04. The summed E-state index contributed by atoms with van der Waals surface area (Å²) in [7, 11) is 0. The highest BCUT2D eigenvalue weighted by atomic mass is 32.1. The minimum atomic E-state index is -0.474. The molecule has 2 rings (SSSR count). The Hall–Kier alpha value is -2.35. The van der Waals surface area contributed by atoms with E-state index in [1.165, 1.54) is 6.07 Å². The monoisotopic (exact) mass is 309 g/mol. The van der Waals surface area contributed by atoms with Crippen molar-refractivity contribution in [2.24, 2.45) is 0 Å². The van der Waals surface area contributed by atoms with Gasteiger partial charge in [-0.1, -0.05) is 11.3 Å². The average Bonchev–Trinajstić information content (AvgIpc) is 2.81. The van der Waals surface area contributed by atoms with Crippen molar-refractivity contribution in [3.05, 3.63) is 49.1 Å². The van der Waals surface area contributed by atoms with E-state index in [1.807, 2.05) is 0 Å². The molecular weight excluding hydrogens is 294 g/mol. The molecule has 21 heavy (non-hydrogen) atoms. The van der Waals surface area contributed by atoms with E-state index in [-0.39, 0.29) is 22.4 Å². The molecule has 0 aliphatic carbocycles. The third-order valence-corrected chi connectivity index (χ3v) is 3.29. The van der Waals surface area contributed by atoms with Crippen LogP contribution in [0.15, 0.2) is 28.4 Å². The standard InChI is InChI=1S/C13H15N3O4S/c1-8(2)20-12-5-9(3-4-11(12)16(18)19)14-6-10-7-21-13(17)15-10/h3-5,7-8,14H,6H2,1-2H3,(H,15,17). The molecule has 0 saturated heterocycles. The minimum absolute atomic E-state index is 0.0711. The van der Waals surface area contributed by atoms with Crippen molar-refractivity contribution < 1.29 is 9.66 Å². The van der Waals surface area contributed by atoms with Crippen molar-refractivity contribution in [1.82, 2.24) is 4.98 Å². The first-order chi connectivity index (χ1) is 9.95. The van der Waals surface area contributed by atoms with Crippen LogP contribution in [0, 0.1) is 10.1 Å². The van der Waals surface area contributed by atoms with Gasteiger partial charge in [0.05, 0.1) is 17.6 Å². The summed E-state index contributed by atoms with van der Waals surface area (Å²) in [6.07, 6.45) is -0.160. The summed E-state index contributed by atoms with van der Waals surface area (Å²) in [6, 6.07) is 4.59. The Kier molecular flexibility index (Phi) is 4.59. The number of nitrogens with zero attached hydrogens (tertiary/aromatic N) is 1. The number of ether oxygens (including phenoxy) is 1. The van der Waals surface area contributed by atoms with Gasteiger partial charge in [-0.3, -0.25) is 14.9 Å². The Morgan fingerprint density at radius 3 is 2.81 bits per heavy atom. The molecule has 0 aliphatic rings. The second-order valence-corrected chi connectivity index (χ2v) is 5.48. The molecule has 0 atom stereocenters. The van der Waals surface area contributed by atoms with Crippen LogP contribution in [0.1, 0.15) is 19.5 Å². The molecule has 0 aliphatic heterocycles. The van der Waals surface area contributed by atoms with Gasteiger partial charge >= 0.3 is 10.6 Å². The summed E-state index contributed by atoms with van der Waals surface area (Å²) in [5.74, 6) is 0.221. The maximum Gasteiger partial charge on any atom is 0.311 e. The number of thiazole rings is 1. The Morgan fingerprint density at radius 1 is 1.48 bits per heavy atom. The minimum Gasteiger partial charge on any atom is -0.484 e. The summed E-state index contributed by atoms with van der Waals surface area (Å²) >= 11 is 1.09. The van der Waals surface area contributed by atoms with Gasteiger partial charge in [-0.15, -0.1) is 0 Å². The largest absolute Gasteiger partial charge is 0.484 e. The molecule has 2 N–H and O–H groups in total. The maximum absolute atomic E-state index is 11.0. The molecule has 112 valence electrons. The van der Waals surface area contributed by atoms with Gasteiger partial charge in [-0.05, 0) is 19.9 Å². The molecule has 8 heteroatoms. The Labute approximate surface area is 124 Å². The lowest BCUT2D eigenvalue weighted by Crippen LogP contribution is -2.08. The van der Waals surface area contributed by atoms with Crippen LogP contribution < -0.4 is 14.9 Å². The number of benzene rings is 1. The fourth-order valence-electron chi connectivity index (χ4n) is 1.72. The van der Waals surface area contributed by atoms with Crippen molar-refractivity contribution in [2.45, 2.75) is 26.5 Å². The molecule has 2 aromatic rings. The first-order valence-corrected chi connectivity index (χ1v) is 7.19. The fraction of sp³-hybridized carbons (Fsp3) is 0.308. The quantitative estimate of drug-likeness (QED) is 0.631. The Balaban J connectivity index is 2.16. The molecule has 1 aromatic heterocycles. The molecule has 0 spiro atoms. The fourth-order valence-corrected chi connectivity index (χ4v) is 2.30. The first kappa shape index (κ1) is 15.0. The summed E-state index contributed by atoms with van der Waals surface area (Å²) in [5, 5.41) is 15.8. The third kappa shape index (κ3) is 4.06. The number of H-pyrrole nitrogens is 1. The molecule has 0 bridgehead atoms. The van der Waals surface area contributed by atoms with Crippen molar-refractivity contribution in [1.29, 1.82) is 0 Å². The van der Waals surface area contributed by atoms with Gasteiger partial charge in [0, 0.05) is 28.9 Å². The van der Waals surface area contributed by atoms with Crippen LogP contribution in [0.4, 0.5) is 11.4 Å². The van der Waals surface area contributed by atoms with E-state index in [1.54, 1.807) is 31.4 Å². The number of anilines is 1. The SMILES string of the molecule is CC(C)Oc1cc(NCc2csc(=O)[nH]2)ccc1[N+](=O)[O-]. The zero-order valence-electron chi connectivity index (χ0n) is 11.6. The smallest absolute Gasteiger partial charge is 0.311 e. The molecule has 0 amide bonds. The summed E-state index contributed by atoms with van der Waals surface area (Å²) < 4.78 is 5.47. The van der Waals surface area contributed by atoms with Gasteiger partial charge in [-0.25, -0.2) is 0 Å². The Bertz CT molecular complexity index is 693. The van der Waals surface area contributed by atoms with Gasteiger partial charge in [-0.2, -0.15) is 0 Å². The zero-order valence-corrected chi connectivity index (χ0v) is 12.4. The van der Waals surface area contributed by atoms with E-state index < -0.39 is 4.92 Å². The van der Waals surface area contributed by atoms with E-state index in [2.05, 4.69) is 10.3 Å². The van der Waals surface area contributed by atoms with E-state index in [0.29, 0.717) is 12.2 Å². The lowest BCUT2D eigenvalue weighted by molar-refractivity contribution is -0.386. The van der Waals surface area contributed by atoms with Gasteiger partial charge in [0.1, 0.15) is 0 Å². The van der Waals surface area contributed by atoms with Crippen molar-refractivity contribution >= 4 is 22.7 Å². The number of nitro benzene ring substituents is 1. The van der Waals surface area contributed by atoms with E-state index >= 15 is 0 Å². The number of nitrogens with one attached hydrogen (secondary N) is 2. The maximum atomic E-state index is 11.0. The van der Waals surface area contributed by atoms with Crippen LogP contribution in [0.25, 0.3) is 0 Å². The van der Waals surface area contributed by atoms with Gasteiger partial charge in [0.25, 0.3) is 0 Å². The van der Waals surface area contributed by atoms with E-state index in [9.17, 15) is 14.9 Å². The van der Waals surface area contributed by atoms with Gasteiger partial charge < -0.3 is 15.0 Å². The second kappa shape index (κ2) is 6.40. The van der Waals surface area contributed by atoms with Crippen LogP contribution in [-0.4, -0.2) is 16.0 Å². The number of hydrogen-bond donors (Lipinski definition) is 2.